The smallest absolute Gasteiger partial charge is 0.335 e. The number of carboxylic acid groups (broad SMARTS) is 1. The lowest BCUT2D eigenvalue weighted by atomic mass is 9.96. The predicted molar refractivity (Wildman–Crippen MR) is 78.9 cm³/mol. The highest BCUT2D eigenvalue weighted by Crippen LogP contribution is 2.30. The van der Waals surface area contributed by atoms with E-state index in [1.807, 2.05) is 25.3 Å². The Labute approximate surface area is 116 Å². The average Bonchev–Trinajstić information content (AvgIpc) is 2.46. The standard InChI is InChI=1S/C17H13NO2/c1-11-7-14-10-18-6-5-15(14)16(8-11)12-3-2-4-13(9-12)17(19)20/h2-10H,1H3,(H,19,20). The van der Waals surface area contributed by atoms with Crippen LogP contribution in [0.3, 0.4) is 0 Å². The third-order valence-electron chi connectivity index (χ3n) is 3.32. The summed E-state index contributed by atoms with van der Waals surface area (Å²) in [6.45, 7) is 2.02. The van der Waals surface area contributed by atoms with Gasteiger partial charge in [-0.05, 0) is 53.3 Å². The summed E-state index contributed by atoms with van der Waals surface area (Å²) in [5.41, 5.74) is 3.36. The van der Waals surface area contributed by atoms with Crippen LogP contribution in [-0.2, 0) is 0 Å². The summed E-state index contributed by atoms with van der Waals surface area (Å²) in [5.74, 6) is -0.912. The van der Waals surface area contributed by atoms with Gasteiger partial charge in [-0.3, -0.25) is 4.98 Å². The number of carboxylic acids is 1. The van der Waals surface area contributed by atoms with Crippen molar-refractivity contribution >= 4 is 16.7 Å². The van der Waals surface area contributed by atoms with E-state index < -0.39 is 5.97 Å². The van der Waals surface area contributed by atoms with Crippen molar-refractivity contribution in [1.82, 2.24) is 4.98 Å². The molecular formula is C17H13NO2. The van der Waals surface area contributed by atoms with Gasteiger partial charge in [0.2, 0.25) is 0 Å². The molecule has 0 spiro atoms. The summed E-state index contributed by atoms with van der Waals surface area (Å²) in [7, 11) is 0. The zero-order valence-electron chi connectivity index (χ0n) is 11.0. The van der Waals surface area contributed by atoms with Gasteiger partial charge in [0.15, 0.2) is 0 Å². The van der Waals surface area contributed by atoms with Gasteiger partial charge >= 0.3 is 5.97 Å². The van der Waals surface area contributed by atoms with Crippen LogP contribution in [0.15, 0.2) is 54.9 Å². The molecule has 98 valence electrons. The molecule has 0 atom stereocenters. The Morgan fingerprint density at radius 1 is 1.15 bits per heavy atom. The zero-order chi connectivity index (χ0) is 14.1. The first-order valence-corrected chi connectivity index (χ1v) is 6.33. The number of pyridine rings is 1. The maximum Gasteiger partial charge on any atom is 0.335 e. The molecule has 1 heterocycles. The fraction of sp³-hybridized carbons (Fsp3) is 0.0588. The van der Waals surface area contributed by atoms with Gasteiger partial charge < -0.3 is 5.11 Å². The molecule has 3 nitrogen and oxygen atoms in total. The van der Waals surface area contributed by atoms with Gasteiger partial charge in [-0.25, -0.2) is 4.79 Å². The lowest BCUT2D eigenvalue weighted by Gasteiger charge is -2.09. The average molecular weight is 263 g/mol. The molecule has 3 heteroatoms. The molecule has 0 aliphatic carbocycles. The van der Waals surface area contributed by atoms with E-state index in [1.54, 1.807) is 24.4 Å². The van der Waals surface area contributed by atoms with E-state index in [0.29, 0.717) is 5.56 Å². The molecule has 20 heavy (non-hydrogen) atoms. The first-order chi connectivity index (χ1) is 9.65. The number of nitrogens with zero attached hydrogens (tertiary/aromatic N) is 1. The number of aromatic carboxylic acids is 1. The van der Waals surface area contributed by atoms with Crippen molar-refractivity contribution in [2.45, 2.75) is 6.92 Å². The number of rotatable bonds is 2. The maximum atomic E-state index is 11.1. The van der Waals surface area contributed by atoms with Gasteiger partial charge in [0.05, 0.1) is 5.56 Å². The largest absolute Gasteiger partial charge is 0.478 e. The van der Waals surface area contributed by atoms with Crippen molar-refractivity contribution in [2.75, 3.05) is 0 Å². The molecule has 3 rings (SSSR count). The molecule has 0 radical (unpaired) electrons. The minimum Gasteiger partial charge on any atom is -0.478 e. The number of carbonyl (C=O) groups is 1. The van der Waals surface area contributed by atoms with E-state index in [4.69, 9.17) is 5.11 Å². The van der Waals surface area contributed by atoms with Crippen LogP contribution in [0.2, 0.25) is 0 Å². The molecule has 0 saturated heterocycles. The Morgan fingerprint density at radius 2 is 2.00 bits per heavy atom. The van der Waals surface area contributed by atoms with Crippen molar-refractivity contribution < 1.29 is 9.90 Å². The minimum atomic E-state index is -0.912. The first kappa shape index (κ1) is 12.4. The van der Waals surface area contributed by atoms with E-state index >= 15 is 0 Å². The van der Waals surface area contributed by atoms with Gasteiger partial charge in [0.1, 0.15) is 0 Å². The number of fused-ring (bicyclic) bond motifs is 1. The highest BCUT2D eigenvalue weighted by atomic mass is 16.4. The molecule has 3 aromatic rings. The van der Waals surface area contributed by atoms with Crippen LogP contribution in [-0.4, -0.2) is 16.1 Å². The first-order valence-electron chi connectivity index (χ1n) is 6.33. The van der Waals surface area contributed by atoms with E-state index in [0.717, 1.165) is 27.5 Å². The number of hydrogen-bond acceptors (Lipinski definition) is 2. The lowest BCUT2D eigenvalue weighted by Crippen LogP contribution is -1.96. The molecule has 0 unspecified atom stereocenters. The molecule has 0 fully saturated rings. The van der Waals surface area contributed by atoms with Crippen molar-refractivity contribution in [2.24, 2.45) is 0 Å². The van der Waals surface area contributed by atoms with E-state index in [9.17, 15) is 4.79 Å². The summed E-state index contributed by atoms with van der Waals surface area (Å²) in [4.78, 5) is 15.2. The summed E-state index contributed by atoms with van der Waals surface area (Å²) in [6, 6.07) is 13.1. The Morgan fingerprint density at radius 3 is 2.80 bits per heavy atom. The van der Waals surface area contributed by atoms with Crippen molar-refractivity contribution in [3.05, 3.63) is 66.0 Å². The second-order valence-electron chi connectivity index (χ2n) is 4.80. The molecule has 0 aliphatic heterocycles. The third kappa shape index (κ3) is 2.14. The maximum absolute atomic E-state index is 11.1. The number of hydrogen-bond donors (Lipinski definition) is 1. The van der Waals surface area contributed by atoms with Crippen molar-refractivity contribution in [3.63, 3.8) is 0 Å². The van der Waals surface area contributed by atoms with Crippen molar-refractivity contribution in [3.8, 4) is 11.1 Å². The van der Waals surface area contributed by atoms with Gasteiger partial charge in [0, 0.05) is 17.8 Å². The van der Waals surface area contributed by atoms with Gasteiger partial charge in [-0.2, -0.15) is 0 Å². The van der Waals surface area contributed by atoms with Gasteiger partial charge in [-0.1, -0.05) is 18.2 Å². The van der Waals surface area contributed by atoms with Gasteiger partial charge in [-0.15, -0.1) is 0 Å². The number of aromatic nitrogens is 1. The third-order valence-corrected chi connectivity index (χ3v) is 3.32. The second kappa shape index (κ2) is 4.78. The Bertz CT molecular complexity index is 809. The SMILES string of the molecule is Cc1cc(-c2cccc(C(=O)O)c2)c2ccncc2c1. The summed E-state index contributed by atoms with van der Waals surface area (Å²) in [5, 5.41) is 11.2. The number of benzene rings is 2. The molecule has 2 aromatic carbocycles. The van der Waals surface area contributed by atoms with Crippen molar-refractivity contribution in [1.29, 1.82) is 0 Å². The molecule has 0 aliphatic rings. The van der Waals surface area contributed by atoms with Crippen LogP contribution in [0.1, 0.15) is 15.9 Å². The fourth-order valence-corrected chi connectivity index (χ4v) is 2.42. The second-order valence-corrected chi connectivity index (χ2v) is 4.80. The normalized spacial score (nSPS) is 10.7. The summed E-state index contributed by atoms with van der Waals surface area (Å²) >= 11 is 0. The predicted octanol–water partition coefficient (Wildman–Crippen LogP) is 3.91. The Balaban J connectivity index is 2.29. The molecule has 1 aromatic heterocycles. The van der Waals surface area contributed by atoms with Crippen LogP contribution >= 0.6 is 0 Å². The lowest BCUT2D eigenvalue weighted by molar-refractivity contribution is 0.0697. The van der Waals surface area contributed by atoms with E-state index in [-0.39, 0.29) is 0 Å². The van der Waals surface area contributed by atoms with E-state index in [2.05, 4.69) is 17.1 Å². The molecule has 0 amide bonds. The van der Waals surface area contributed by atoms with Gasteiger partial charge in [0.25, 0.3) is 0 Å². The monoisotopic (exact) mass is 263 g/mol. The van der Waals surface area contributed by atoms with Crippen LogP contribution in [0.5, 0.6) is 0 Å². The number of aryl methyl sites for hydroxylation is 1. The Kier molecular flexibility index (Phi) is 2.95. The highest BCUT2D eigenvalue weighted by molar-refractivity contribution is 5.98. The van der Waals surface area contributed by atoms with Crippen LogP contribution in [0.4, 0.5) is 0 Å². The minimum absolute atomic E-state index is 0.297. The topological polar surface area (TPSA) is 50.2 Å². The molecule has 0 bridgehead atoms. The molecule has 0 saturated carbocycles. The summed E-state index contributed by atoms with van der Waals surface area (Å²) in [6.07, 6.45) is 3.58. The molecule has 1 N–H and O–H groups in total. The van der Waals surface area contributed by atoms with E-state index in [1.165, 1.54) is 0 Å². The van der Waals surface area contributed by atoms with Crippen LogP contribution in [0, 0.1) is 6.92 Å². The molecular weight excluding hydrogens is 250 g/mol. The highest BCUT2D eigenvalue weighted by Gasteiger charge is 2.08. The Hall–Kier alpha value is -2.68. The zero-order valence-corrected chi connectivity index (χ0v) is 11.0. The fourth-order valence-electron chi connectivity index (χ4n) is 2.42. The quantitative estimate of drug-likeness (QED) is 0.762. The summed E-state index contributed by atoms with van der Waals surface area (Å²) < 4.78 is 0. The van der Waals surface area contributed by atoms with Crippen LogP contribution in [0.25, 0.3) is 21.9 Å². The van der Waals surface area contributed by atoms with Crippen LogP contribution < -0.4 is 0 Å².